The van der Waals surface area contributed by atoms with E-state index in [0.717, 1.165) is 10.0 Å². The number of halogens is 2. The summed E-state index contributed by atoms with van der Waals surface area (Å²) in [4.78, 5) is 0. The van der Waals surface area contributed by atoms with E-state index in [9.17, 15) is 0 Å². The van der Waals surface area contributed by atoms with Gasteiger partial charge in [-0.3, -0.25) is 0 Å². The Morgan fingerprint density at radius 1 is 1.53 bits per heavy atom. The third kappa shape index (κ3) is 1.92. The van der Waals surface area contributed by atoms with E-state index in [1.165, 1.54) is 4.68 Å². The lowest BCUT2D eigenvalue weighted by molar-refractivity contribution is 0.984. The maximum atomic E-state index is 5.88. The van der Waals surface area contributed by atoms with Crippen LogP contribution >= 0.6 is 39.7 Å². The van der Waals surface area contributed by atoms with Crippen LogP contribution < -0.4 is 5.84 Å². The van der Waals surface area contributed by atoms with Crippen LogP contribution in [-0.2, 0) is 0 Å². The number of rotatable bonds is 1. The van der Waals surface area contributed by atoms with Crippen molar-refractivity contribution in [3.63, 3.8) is 0 Å². The van der Waals surface area contributed by atoms with Crippen LogP contribution in [0.1, 0.15) is 0 Å². The van der Waals surface area contributed by atoms with Gasteiger partial charge in [0.2, 0.25) is 4.77 Å². The van der Waals surface area contributed by atoms with Gasteiger partial charge in [0.05, 0.1) is 5.02 Å². The molecule has 0 saturated heterocycles. The summed E-state index contributed by atoms with van der Waals surface area (Å²) in [5.41, 5.74) is 0.834. The molecule has 4 nitrogen and oxygen atoms in total. The molecule has 3 N–H and O–H groups in total. The number of nitrogen functional groups attached to an aromatic ring is 1. The van der Waals surface area contributed by atoms with Crippen molar-refractivity contribution in [3.8, 4) is 11.4 Å². The Kier molecular flexibility index (Phi) is 2.81. The predicted octanol–water partition coefficient (Wildman–Crippen LogP) is 2.74. The zero-order valence-electron chi connectivity index (χ0n) is 7.37. The molecule has 0 amide bonds. The smallest absolute Gasteiger partial charge is 0.214 e. The first kappa shape index (κ1) is 10.7. The van der Waals surface area contributed by atoms with Crippen LogP contribution in [0.3, 0.4) is 0 Å². The topological polar surface area (TPSA) is 59.6 Å². The van der Waals surface area contributed by atoms with Crippen LogP contribution in [0.4, 0.5) is 0 Å². The highest BCUT2D eigenvalue weighted by molar-refractivity contribution is 9.10. The second-order valence-electron chi connectivity index (χ2n) is 2.85. The molecule has 78 valence electrons. The van der Waals surface area contributed by atoms with Crippen LogP contribution in [0.2, 0.25) is 5.02 Å². The maximum Gasteiger partial charge on any atom is 0.214 e. The van der Waals surface area contributed by atoms with Gasteiger partial charge in [0.25, 0.3) is 0 Å². The molecule has 0 fully saturated rings. The molecule has 0 spiro atoms. The van der Waals surface area contributed by atoms with Gasteiger partial charge in [-0.05, 0) is 46.3 Å². The first-order valence-electron chi connectivity index (χ1n) is 3.97. The molecular weight excluding hydrogens is 300 g/mol. The molecule has 1 aromatic heterocycles. The predicted molar refractivity (Wildman–Crippen MR) is 65.7 cm³/mol. The lowest BCUT2D eigenvalue weighted by atomic mass is 10.2. The normalized spacial score (nSPS) is 10.5. The number of aromatic nitrogens is 3. The first-order valence-corrected chi connectivity index (χ1v) is 5.55. The summed E-state index contributed by atoms with van der Waals surface area (Å²) < 4.78 is 2.47. The third-order valence-electron chi connectivity index (χ3n) is 1.88. The minimum absolute atomic E-state index is 0.371. The van der Waals surface area contributed by atoms with Crippen molar-refractivity contribution < 1.29 is 0 Å². The molecule has 0 aliphatic rings. The summed E-state index contributed by atoms with van der Waals surface area (Å²) in [5, 5.41) is 7.26. The van der Waals surface area contributed by atoms with Gasteiger partial charge in [0.1, 0.15) is 0 Å². The maximum absolute atomic E-state index is 5.88. The molecule has 0 unspecified atom stereocenters. The molecule has 0 saturated carbocycles. The summed E-state index contributed by atoms with van der Waals surface area (Å²) in [5.74, 6) is 6.26. The van der Waals surface area contributed by atoms with Crippen molar-refractivity contribution in [2.24, 2.45) is 0 Å². The number of nitrogens with two attached hydrogens (primary N) is 1. The van der Waals surface area contributed by atoms with E-state index >= 15 is 0 Å². The molecule has 0 radical (unpaired) electrons. The summed E-state index contributed by atoms with van der Waals surface area (Å²) >= 11 is 14.1. The largest absolute Gasteiger partial charge is 0.335 e. The molecule has 0 aliphatic heterocycles. The van der Waals surface area contributed by atoms with Crippen LogP contribution in [0.15, 0.2) is 22.7 Å². The Morgan fingerprint density at radius 3 is 2.80 bits per heavy atom. The average molecular weight is 306 g/mol. The fourth-order valence-electron chi connectivity index (χ4n) is 1.14. The molecule has 15 heavy (non-hydrogen) atoms. The Morgan fingerprint density at radius 2 is 2.27 bits per heavy atom. The minimum Gasteiger partial charge on any atom is -0.335 e. The lowest BCUT2D eigenvalue weighted by Gasteiger charge is -2.01. The van der Waals surface area contributed by atoms with Crippen molar-refractivity contribution >= 4 is 39.7 Å². The van der Waals surface area contributed by atoms with E-state index in [1.54, 1.807) is 6.07 Å². The molecule has 2 aromatic rings. The highest BCUT2D eigenvalue weighted by Gasteiger charge is 2.07. The Hall–Kier alpha value is -0.850. The number of hydrogen-bond donors (Lipinski definition) is 2. The van der Waals surface area contributed by atoms with Crippen LogP contribution in [0.25, 0.3) is 11.4 Å². The van der Waals surface area contributed by atoms with E-state index in [0.29, 0.717) is 15.6 Å². The van der Waals surface area contributed by atoms with Gasteiger partial charge in [-0.25, -0.2) is 9.77 Å². The van der Waals surface area contributed by atoms with E-state index in [-0.39, 0.29) is 0 Å². The van der Waals surface area contributed by atoms with Gasteiger partial charge in [-0.2, -0.15) is 5.10 Å². The van der Waals surface area contributed by atoms with Gasteiger partial charge >= 0.3 is 0 Å². The molecule has 2 rings (SSSR count). The number of aromatic amines is 1. The molecule has 0 atom stereocenters. The molecule has 1 aromatic carbocycles. The molecule has 0 aliphatic carbocycles. The minimum atomic E-state index is 0.371. The highest BCUT2D eigenvalue weighted by atomic mass is 79.9. The number of hydrogen-bond acceptors (Lipinski definition) is 3. The van der Waals surface area contributed by atoms with E-state index in [4.69, 9.17) is 29.7 Å². The van der Waals surface area contributed by atoms with Crippen LogP contribution in [0.5, 0.6) is 0 Å². The number of benzene rings is 1. The highest BCUT2D eigenvalue weighted by Crippen LogP contribution is 2.27. The van der Waals surface area contributed by atoms with Gasteiger partial charge in [0.15, 0.2) is 5.82 Å². The van der Waals surface area contributed by atoms with E-state index in [1.807, 2.05) is 12.1 Å². The monoisotopic (exact) mass is 304 g/mol. The quantitative estimate of drug-likeness (QED) is 0.629. The standard InChI is InChI=1S/C8H6BrClN4S/c9-5-3-4(1-2-6(5)10)7-12-13-8(15)14(7)11/h1-3H,11H2,(H,13,15). The van der Waals surface area contributed by atoms with Gasteiger partial charge < -0.3 is 5.84 Å². The van der Waals surface area contributed by atoms with Crippen LogP contribution in [0, 0.1) is 4.77 Å². The van der Waals surface area contributed by atoms with E-state index in [2.05, 4.69) is 26.1 Å². The summed E-state index contributed by atoms with van der Waals surface area (Å²) in [7, 11) is 0. The first-order chi connectivity index (χ1) is 7.09. The molecule has 7 heteroatoms. The van der Waals surface area contributed by atoms with Crippen molar-refractivity contribution in [3.05, 3.63) is 32.5 Å². The molecule has 1 heterocycles. The second-order valence-corrected chi connectivity index (χ2v) is 4.50. The summed E-state index contributed by atoms with van der Waals surface area (Å²) in [6.45, 7) is 0. The van der Waals surface area contributed by atoms with Crippen molar-refractivity contribution in [1.29, 1.82) is 0 Å². The zero-order chi connectivity index (χ0) is 11.0. The fourth-order valence-corrected chi connectivity index (χ4v) is 1.77. The van der Waals surface area contributed by atoms with Gasteiger partial charge in [0, 0.05) is 10.0 Å². The summed E-state index contributed by atoms with van der Waals surface area (Å²) in [6, 6.07) is 5.41. The number of H-pyrrole nitrogens is 1. The number of nitrogens with one attached hydrogen (secondary N) is 1. The average Bonchev–Trinajstić information content (AvgIpc) is 2.53. The fraction of sp³-hybridized carbons (Fsp3) is 0. The number of nitrogens with zero attached hydrogens (tertiary/aromatic N) is 2. The summed E-state index contributed by atoms with van der Waals surface area (Å²) in [6.07, 6.45) is 0. The van der Waals surface area contributed by atoms with Crippen molar-refractivity contribution in [2.75, 3.05) is 5.84 Å². The van der Waals surface area contributed by atoms with Crippen molar-refractivity contribution in [1.82, 2.24) is 14.9 Å². The lowest BCUT2D eigenvalue weighted by Crippen LogP contribution is -2.09. The Bertz CT molecular complexity index is 562. The zero-order valence-corrected chi connectivity index (χ0v) is 10.5. The Labute approximate surface area is 104 Å². The van der Waals surface area contributed by atoms with Crippen LogP contribution in [-0.4, -0.2) is 14.9 Å². The Balaban J connectivity index is 2.59. The molecule has 0 bridgehead atoms. The second kappa shape index (κ2) is 3.96. The van der Waals surface area contributed by atoms with Gasteiger partial charge in [-0.15, -0.1) is 0 Å². The molecular formula is C8H6BrClN4S. The van der Waals surface area contributed by atoms with Crippen molar-refractivity contribution in [2.45, 2.75) is 0 Å². The SMILES string of the molecule is Nn1c(-c2ccc(Cl)c(Br)c2)n[nH]c1=S. The van der Waals surface area contributed by atoms with Gasteiger partial charge in [-0.1, -0.05) is 11.6 Å². The third-order valence-corrected chi connectivity index (χ3v) is 3.38. The van der Waals surface area contributed by atoms with E-state index < -0.39 is 0 Å².